The Morgan fingerprint density at radius 2 is 2.00 bits per heavy atom. The second-order valence-electron chi connectivity index (χ2n) is 4.41. The molecule has 0 saturated heterocycles. The Kier molecular flexibility index (Phi) is 5.69. The average Bonchev–Trinajstić information content (AvgIpc) is 2.26. The first-order valence-corrected chi connectivity index (χ1v) is 7.95. The van der Waals surface area contributed by atoms with Gasteiger partial charge in [-0.2, -0.15) is 0 Å². The van der Waals surface area contributed by atoms with Crippen molar-refractivity contribution in [3.8, 4) is 0 Å². The topological polar surface area (TPSA) is 101 Å². The number of aliphatic carboxylic acids is 1. The van der Waals surface area contributed by atoms with Crippen molar-refractivity contribution in [3.05, 3.63) is 29.8 Å². The number of carbonyl (C=O) groups is 2. The van der Waals surface area contributed by atoms with E-state index in [4.69, 9.17) is 5.11 Å². The monoisotopic (exact) mass is 299 g/mol. The van der Waals surface area contributed by atoms with E-state index >= 15 is 0 Å². The quantitative estimate of drug-likeness (QED) is 0.784. The molecule has 0 atom stereocenters. The molecular weight excluding hydrogens is 282 g/mol. The van der Waals surface area contributed by atoms with Gasteiger partial charge in [0.05, 0.1) is 12.2 Å². The molecule has 0 aliphatic rings. The zero-order chi connectivity index (χ0) is 15.2. The lowest BCUT2D eigenvalue weighted by molar-refractivity contribution is -0.136. The van der Waals surface area contributed by atoms with E-state index in [0.29, 0.717) is 17.7 Å². The fraction of sp³-hybridized carbons (Fsp3) is 0.385. The van der Waals surface area contributed by atoms with Crippen molar-refractivity contribution in [1.82, 2.24) is 0 Å². The summed E-state index contributed by atoms with van der Waals surface area (Å²) < 4.78 is 23.0. The summed E-state index contributed by atoms with van der Waals surface area (Å²) in [6.07, 6.45) is 0.307. The molecule has 7 heteroatoms. The van der Waals surface area contributed by atoms with Gasteiger partial charge in [-0.3, -0.25) is 9.59 Å². The molecule has 1 amide bonds. The number of carbonyl (C=O) groups excluding carboxylic acids is 1. The molecule has 0 aromatic heterocycles. The van der Waals surface area contributed by atoms with Crippen LogP contribution < -0.4 is 5.32 Å². The molecule has 0 fully saturated rings. The minimum atomic E-state index is -3.39. The predicted molar refractivity (Wildman–Crippen MR) is 75.4 cm³/mol. The number of hydrogen-bond donors (Lipinski definition) is 2. The maximum absolute atomic E-state index is 11.6. The van der Waals surface area contributed by atoms with Gasteiger partial charge < -0.3 is 10.4 Å². The molecule has 0 unspecified atom stereocenters. The van der Waals surface area contributed by atoms with Crippen molar-refractivity contribution >= 4 is 27.4 Å². The number of anilines is 1. The average molecular weight is 299 g/mol. The van der Waals surface area contributed by atoms with Crippen LogP contribution in [0.4, 0.5) is 5.69 Å². The van der Waals surface area contributed by atoms with Crippen molar-refractivity contribution in [3.63, 3.8) is 0 Å². The van der Waals surface area contributed by atoms with Crippen LogP contribution in [0.5, 0.6) is 0 Å². The van der Waals surface area contributed by atoms with Crippen LogP contribution in [0.1, 0.15) is 18.9 Å². The third-order valence-corrected chi connectivity index (χ3v) is 4.16. The van der Waals surface area contributed by atoms with Gasteiger partial charge in [0.15, 0.2) is 9.84 Å². The second-order valence-corrected chi connectivity index (χ2v) is 6.60. The summed E-state index contributed by atoms with van der Waals surface area (Å²) in [5.74, 6) is -2.19. The highest BCUT2D eigenvalue weighted by Gasteiger charge is 2.15. The Bertz CT molecular complexity index is 595. The number of hydrogen-bond acceptors (Lipinski definition) is 4. The third kappa shape index (κ3) is 5.83. The molecule has 0 saturated carbocycles. The largest absolute Gasteiger partial charge is 0.481 e. The summed E-state index contributed by atoms with van der Waals surface area (Å²) in [6.45, 7) is 1.73. The predicted octanol–water partition coefficient (Wildman–Crippen LogP) is 1.08. The van der Waals surface area contributed by atoms with E-state index in [2.05, 4.69) is 5.32 Å². The van der Waals surface area contributed by atoms with Gasteiger partial charge >= 0.3 is 5.97 Å². The smallest absolute Gasteiger partial charge is 0.307 e. The Morgan fingerprint density at radius 1 is 1.30 bits per heavy atom. The van der Waals surface area contributed by atoms with Crippen LogP contribution in [-0.2, 0) is 25.8 Å². The molecule has 0 bridgehead atoms. The molecule has 0 aliphatic carbocycles. The first kappa shape index (κ1) is 16.2. The molecule has 0 aliphatic heterocycles. The number of benzene rings is 1. The lowest BCUT2D eigenvalue weighted by Crippen LogP contribution is -2.24. The van der Waals surface area contributed by atoms with Gasteiger partial charge in [0.25, 0.3) is 0 Å². The molecule has 1 aromatic carbocycles. The van der Waals surface area contributed by atoms with Crippen LogP contribution in [0.15, 0.2) is 24.3 Å². The summed E-state index contributed by atoms with van der Waals surface area (Å²) in [5, 5.41) is 11.1. The number of rotatable bonds is 7. The van der Waals surface area contributed by atoms with Crippen LogP contribution >= 0.6 is 0 Å². The van der Waals surface area contributed by atoms with E-state index in [1.54, 1.807) is 25.1 Å². The number of carboxylic acid groups (broad SMARTS) is 1. The van der Waals surface area contributed by atoms with E-state index in [1.807, 2.05) is 0 Å². The molecule has 0 spiro atoms. The highest BCUT2D eigenvalue weighted by Crippen LogP contribution is 2.11. The number of amides is 1. The Morgan fingerprint density at radius 3 is 2.60 bits per heavy atom. The summed E-state index contributed by atoms with van der Waals surface area (Å²) in [5.41, 5.74) is 0.923. The minimum Gasteiger partial charge on any atom is -0.481 e. The van der Waals surface area contributed by atoms with Crippen molar-refractivity contribution in [1.29, 1.82) is 0 Å². The van der Waals surface area contributed by atoms with Crippen molar-refractivity contribution in [2.45, 2.75) is 19.8 Å². The summed E-state index contributed by atoms with van der Waals surface area (Å²) in [7, 11) is -3.39. The van der Waals surface area contributed by atoms with Crippen LogP contribution in [0.3, 0.4) is 0 Å². The highest BCUT2D eigenvalue weighted by atomic mass is 32.2. The third-order valence-electron chi connectivity index (χ3n) is 2.43. The lowest BCUT2D eigenvalue weighted by atomic mass is 10.1. The van der Waals surface area contributed by atoms with E-state index in [-0.39, 0.29) is 12.2 Å². The van der Waals surface area contributed by atoms with E-state index in [1.165, 1.54) is 6.07 Å². The minimum absolute atomic E-state index is 0.0283. The van der Waals surface area contributed by atoms with Crippen LogP contribution in [0, 0.1) is 0 Å². The lowest BCUT2D eigenvalue weighted by Gasteiger charge is -2.07. The van der Waals surface area contributed by atoms with Gasteiger partial charge in [0, 0.05) is 5.69 Å². The van der Waals surface area contributed by atoms with Gasteiger partial charge in [-0.1, -0.05) is 19.1 Å². The highest BCUT2D eigenvalue weighted by molar-refractivity contribution is 7.92. The first-order chi connectivity index (χ1) is 9.32. The van der Waals surface area contributed by atoms with Crippen LogP contribution in [-0.4, -0.2) is 36.9 Å². The van der Waals surface area contributed by atoms with Gasteiger partial charge in [-0.25, -0.2) is 8.42 Å². The standard InChI is InChI=1S/C13H17NO5S/c1-2-6-20(18,19)9-12(15)14-11-5-3-4-10(7-11)8-13(16)17/h3-5,7H,2,6,8-9H2,1H3,(H,14,15)(H,16,17). The number of carboxylic acids is 1. The summed E-state index contributed by atoms with van der Waals surface area (Å²) in [4.78, 5) is 22.2. The second kappa shape index (κ2) is 7.04. The van der Waals surface area contributed by atoms with Gasteiger partial charge in [0.2, 0.25) is 5.91 Å². The Balaban J connectivity index is 2.69. The zero-order valence-electron chi connectivity index (χ0n) is 11.1. The Labute approximate surface area is 117 Å². The zero-order valence-corrected chi connectivity index (χ0v) is 11.9. The molecule has 110 valence electrons. The van der Waals surface area contributed by atoms with Gasteiger partial charge in [-0.05, 0) is 24.1 Å². The number of nitrogens with one attached hydrogen (secondary N) is 1. The maximum Gasteiger partial charge on any atom is 0.307 e. The number of sulfone groups is 1. The normalized spacial score (nSPS) is 11.1. The van der Waals surface area contributed by atoms with Crippen molar-refractivity contribution < 1.29 is 23.1 Å². The molecule has 6 nitrogen and oxygen atoms in total. The van der Waals surface area contributed by atoms with Gasteiger partial charge in [-0.15, -0.1) is 0 Å². The summed E-state index contributed by atoms with van der Waals surface area (Å²) in [6, 6.07) is 6.32. The molecular formula is C13H17NO5S. The summed E-state index contributed by atoms with van der Waals surface area (Å²) >= 11 is 0. The molecule has 2 N–H and O–H groups in total. The SMILES string of the molecule is CCCS(=O)(=O)CC(=O)Nc1cccc(CC(=O)O)c1. The molecule has 1 rings (SSSR count). The van der Waals surface area contributed by atoms with E-state index in [0.717, 1.165) is 0 Å². The Hall–Kier alpha value is -1.89. The van der Waals surface area contributed by atoms with Crippen molar-refractivity contribution in [2.75, 3.05) is 16.8 Å². The molecule has 20 heavy (non-hydrogen) atoms. The van der Waals surface area contributed by atoms with E-state index in [9.17, 15) is 18.0 Å². The molecule has 0 radical (unpaired) electrons. The molecule has 1 aromatic rings. The first-order valence-electron chi connectivity index (χ1n) is 6.13. The fourth-order valence-corrected chi connectivity index (χ4v) is 2.95. The molecule has 0 heterocycles. The maximum atomic E-state index is 11.6. The van der Waals surface area contributed by atoms with Crippen LogP contribution in [0.25, 0.3) is 0 Å². The fourth-order valence-electron chi connectivity index (χ4n) is 1.71. The van der Waals surface area contributed by atoms with Crippen molar-refractivity contribution in [2.24, 2.45) is 0 Å². The van der Waals surface area contributed by atoms with E-state index < -0.39 is 27.5 Å². The van der Waals surface area contributed by atoms with Crippen LogP contribution in [0.2, 0.25) is 0 Å². The van der Waals surface area contributed by atoms with Gasteiger partial charge in [0.1, 0.15) is 5.75 Å².